The molecular formula is C37H29NO2. The minimum absolute atomic E-state index is 0.476. The van der Waals surface area contributed by atoms with Crippen molar-refractivity contribution in [1.82, 2.24) is 0 Å². The highest BCUT2D eigenvalue weighted by atomic mass is 16.5. The number of hydrogen-bond donors (Lipinski definition) is 0. The Labute approximate surface area is 235 Å². The van der Waals surface area contributed by atoms with Gasteiger partial charge in [0.05, 0.1) is 0 Å². The van der Waals surface area contributed by atoms with Crippen molar-refractivity contribution in [3.63, 3.8) is 0 Å². The molecule has 0 saturated heterocycles. The topological polar surface area (TPSA) is 29.5 Å². The van der Waals surface area contributed by atoms with Crippen molar-refractivity contribution in [2.75, 3.05) is 4.90 Å². The molecule has 5 aromatic carbocycles. The number of benzene rings is 5. The fourth-order valence-electron chi connectivity index (χ4n) is 4.35. The van der Waals surface area contributed by atoms with Crippen LogP contribution >= 0.6 is 0 Å². The normalized spacial score (nSPS) is 10.6. The molecule has 194 valence electrons. The summed E-state index contributed by atoms with van der Waals surface area (Å²) in [6.07, 6.45) is 7.40. The third kappa shape index (κ3) is 6.72. The quantitative estimate of drug-likeness (QED) is 0.0841. The van der Waals surface area contributed by atoms with E-state index in [-0.39, 0.29) is 0 Å². The van der Waals surface area contributed by atoms with Crippen molar-refractivity contribution in [3.8, 4) is 5.75 Å². The van der Waals surface area contributed by atoms with Crippen molar-refractivity contribution in [2.24, 2.45) is 0 Å². The van der Waals surface area contributed by atoms with Gasteiger partial charge in [0, 0.05) is 29.2 Å². The Balaban J connectivity index is 1.47. The van der Waals surface area contributed by atoms with Gasteiger partial charge in [0.2, 0.25) is 0 Å². The Kier molecular flexibility index (Phi) is 8.45. The number of anilines is 2. The van der Waals surface area contributed by atoms with Crippen molar-refractivity contribution in [1.29, 1.82) is 0 Å². The zero-order chi connectivity index (χ0) is 27.6. The van der Waals surface area contributed by atoms with Crippen molar-refractivity contribution >= 4 is 35.1 Å². The first-order valence-corrected chi connectivity index (χ1v) is 13.1. The average molecular weight is 520 g/mol. The van der Waals surface area contributed by atoms with Crippen molar-refractivity contribution in [3.05, 3.63) is 181 Å². The molecule has 0 unspecified atom stereocenters. The Morgan fingerprint density at radius 3 is 1.75 bits per heavy atom. The summed E-state index contributed by atoms with van der Waals surface area (Å²) in [4.78, 5) is 13.7. The van der Waals surface area contributed by atoms with Crippen LogP contribution in [0.15, 0.2) is 158 Å². The average Bonchev–Trinajstić information content (AvgIpc) is 3.02. The van der Waals surface area contributed by atoms with Crippen LogP contribution < -0.4 is 9.64 Å². The molecule has 5 aromatic rings. The van der Waals surface area contributed by atoms with E-state index < -0.39 is 5.97 Å². The summed E-state index contributed by atoms with van der Waals surface area (Å²) < 4.78 is 5.23. The number of carbonyl (C=O) groups is 1. The summed E-state index contributed by atoms with van der Waals surface area (Å²) in [5.41, 5.74) is 7.53. The molecule has 0 aliphatic heterocycles. The molecule has 0 atom stereocenters. The molecule has 3 heteroatoms. The van der Waals surface area contributed by atoms with E-state index in [2.05, 4.69) is 115 Å². The molecule has 5 rings (SSSR count). The van der Waals surface area contributed by atoms with E-state index in [9.17, 15) is 4.79 Å². The summed E-state index contributed by atoms with van der Waals surface area (Å²) in [5, 5.41) is 0. The highest BCUT2D eigenvalue weighted by Gasteiger charge is 2.12. The van der Waals surface area contributed by atoms with Gasteiger partial charge in [-0.1, -0.05) is 122 Å². The zero-order valence-electron chi connectivity index (χ0n) is 22.1. The number of rotatable bonds is 9. The zero-order valence-corrected chi connectivity index (χ0v) is 22.1. The lowest BCUT2D eigenvalue weighted by atomic mass is 9.98. The predicted molar refractivity (Wildman–Crippen MR) is 166 cm³/mol. The highest BCUT2D eigenvalue weighted by Crippen LogP contribution is 2.31. The first kappa shape index (κ1) is 26.2. The molecule has 0 bridgehead atoms. The lowest BCUT2D eigenvalue weighted by Gasteiger charge is -2.23. The van der Waals surface area contributed by atoms with Crippen LogP contribution in [0.2, 0.25) is 0 Å². The number of carbonyl (C=O) groups excluding carboxylic acids is 1. The Morgan fingerprint density at radius 1 is 0.600 bits per heavy atom. The first-order valence-electron chi connectivity index (χ1n) is 13.1. The Bertz CT molecular complexity index is 1580. The molecule has 0 aliphatic carbocycles. The van der Waals surface area contributed by atoms with Gasteiger partial charge in [-0.25, -0.2) is 4.79 Å². The molecule has 0 aromatic heterocycles. The van der Waals surface area contributed by atoms with Crippen LogP contribution in [0.4, 0.5) is 11.4 Å². The third-order valence-corrected chi connectivity index (χ3v) is 6.34. The molecular weight excluding hydrogens is 490 g/mol. The summed E-state index contributed by atoms with van der Waals surface area (Å²) in [6, 6.07) is 47.1. The molecule has 3 nitrogen and oxygen atoms in total. The molecule has 0 fully saturated rings. The molecule has 0 amide bonds. The van der Waals surface area contributed by atoms with Crippen LogP contribution in [-0.4, -0.2) is 5.97 Å². The maximum atomic E-state index is 11.5. The van der Waals surface area contributed by atoms with E-state index in [1.807, 2.05) is 48.6 Å². The molecule has 0 heterocycles. The minimum Gasteiger partial charge on any atom is -0.423 e. The molecule has 0 saturated carbocycles. The van der Waals surface area contributed by atoms with Crippen LogP contribution in [0, 0.1) is 0 Å². The second kappa shape index (κ2) is 12.9. The molecule has 40 heavy (non-hydrogen) atoms. The van der Waals surface area contributed by atoms with Gasteiger partial charge >= 0.3 is 5.97 Å². The predicted octanol–water partition coefficient (Wildman–Crippen LogP) is 9.18. The van der Waals surface area contributed by atoms with Crippen LogP contribution in [0.25, 0.3) is 17.7 Å². The molecule has 0 N–H and O–H groups in total. The van der Waals surface area contributed by atoms with Crippen LogP contribution in [0.3, 0.4) is 0 Å². The van der Waals surface area contributed by atoms with E-state index in [1.54, 1.807) is 6.07 Å². The van der Waals surface area contributed by atoms with Crippen molar-refractivity contribution < 1.29 is 9.53 Å². The summed E-state index contributed by atoms with van der Waals surface area (Å²) in [7, 11) is 0. The first-order chi connectivity index (χ1) is 19.7. The Hall–Kier alpha value is -5.41. The largest absolute Gasteiger partial charge is 0.423 e. The van der Waals surface area contributed by atoms with E-state index in [0.29, 0.717) is 5.75 Å². The third-order valence-electron chi connectivity index (χ3n) is 6.34. The maximum Gasteiger partial charge on any atom is 0.335 e. The number of para-hydroxylation sites is 1. The van der Waals surface area contributed by atoms with E-state index in [4.69, 9.17) is 4.74 Å². The number of nitrogens with zero attached hydrogens (tertiary/aromatic N) is 1. The van der Waals surface area contributed by atoms with Gasteiger partial charge in [-0.05, 0) is 58.7 Å². The fourth-order valence-corrected chi connectivity index (χ4v) is 4.35. The van der Waals surface area contributed by atoms with Gasteiger partial charge in [0.1, 0.15) is 5.75 Å². The maximum absolute atomic E-state index is 11.5. The second-order valence-corrected chi connectivity index (χ2v) is 9.10. The van der Waals surface area contributed by atoms with E-state index in [0.717, 1.165) is 45.3 Å². The summed E-state index contributed by atoms with van der Waals surface area (Å²) in [5.74, 6) is 0.0109. The lowest BCUT2D eigenvalue weighted by molar-refractivity contribution is -0.128. The minimum atomic E-state index is -0.476. The molecule has 0 aliphatic rings. The summed E-state index contributed by atoms with van der Waals surface area (Å²) >= 11 is 0. The summed E-state index contributed by atoms with van der Waals surface area (Å²) in [6.45, 7) is 3.44. The van der Waals surface area contributed by atoms with Gasteiger partial charge < -0.3 is 9.64 Å². The lowest BCUT2D eigenvalue weighted by Crippen LogP contribution is -2.10. The second-order valence-electron chi connectivity index (χ2n) is 9.10. The van der Waals surface area contributed by atoms with Gasteiger partial charge in [0.25, 0.3) is 0 Å². The smallest absolute Gasteiger partial charge is 0.335 e. The van der Waals surface area contributed by atoms with Gasteiger partial charge in [-0.15, -0.1) is 0 Å². The van der Waals surface area contributed by atoms with Gasteiger partial charge in [-0.3, -0.25) is 0 Å². The Morgan fingerprint density at radius 2 is 1.15 bits per heavy atom. The monoisotopic (exact) mass is 519 g/mol. The number of ether oxygens (including phenoxy) is 1. The standard InChI is InChI=1S/C37H29NO2/c1-2-37(39)40-35-20-12-13-30(27-35)22-21-29-23-25-34(26-24-29)38(33-18-10-5-11-19-33)28-36(31-14-6-3-7-15-31)32-16-8-4-9-17-32/h2-28H,1H2. The van der Waals surface area contributed by atoms with Crippen LogP contribution in [0.5, 0.6) is 5.75 Å². The van der Waals surface area contributed by atoms with Gasteiger partial charge in [0.15, 0.2) is 0 Å². The number of hydrogen-bond acceptors (Lipinski definition) is 3. The molecule has 0 spiro atoms. The van der Waals surface area contributed by atoms with E-state index >= 15 is 0 Å². The van der Waals surface area contributed by atoms with Gasteiger partial charge in [-0.2, -0.15) is 0 Å². The fraction of sp³-hybridized carbons (Fsp3) is 0. The molecule has 0 radical (unpaired) electrons. The van der Waals surface area contributed by atoms with E-state index in [1.165, 1.54) is 0 Å². The highest BCUT2D eigenvalue weighted by molar-refractivity contribution is 5.85. The number of esters is 1. The SMILES string of the molecule is C=CC(=O)Oc1cccc(C=Cc2ccc(N(C=C(c3ccccc3)c3ccccc3)c3ccccc3)cc2)c1. The van der Waals surface area contributed by atoms with Crippen LogP contribution in [-0.2, 0) is 4.79 Å². The van der Waals surface area contributed by atoms with Crippen LogP contribution in [0.1, 0.15) is 22.3 Å². The van der Waals surface area contributed by atoms with Crippen molar-refractivity contribution in [2.45, 2.75) is 0 Å².